The standard InChI is InChI=1S/C12H15F2N3O/c1-8-3-2-4-11(16-8)17-6-9(7-17)12(18)15-5-10(13)14/h2-4,9-10H,5-7H2,1H3,(H,15,18). The van der Waals surface area contributed by atoms with Gasteiger partial charge in [0.15, 0.2) is 0 Å². The molecule has 1 saturated heterocycles. The quantitative estimate of drug-likeness (QED) is 0.879. The van der Waals surface area contributed by atoms with E-state index in [1.54, 1.807) is 0 Å². The van der Waals surface area contributed by atoms with E-state index in [2.05, 4.69) is 10.3 Å². The fraction of sp³-hybridized carbons (Fsp3) is 0.500. The second-order valence-electron chi connectivity index (χ2n) is 4.38. The number of alkyl halides is 2. The van der Waals surface area contributed by atoms with Crippen LogP contribution in [-0.4, -0.2) is 37.0 Å². The molecule has 1 aliphatic rings. The summed E-state index contributed by atoms with van der Waals surface area (Å²) >= 11 is 0. The molecule has 4 nitrogen and oxygen atoms in total. The number of aromatic nitrogens is 1. The summed E-state index contributed by atoms with van der Waals surface area (Å²) in [5.41, 5.74) is 0.915. The maximum atomic E-state index is 11.9. The van der Waals surface area contributed by atoms with Gasteiger partial charge in [-0.25, -0.2) is 13.8 Å². The highest BCUT2D eigenvalue weighted by molar-refractivity contribution is 5.81. The average molecular weight is 255 g/mol. The first-order valence-electron chi connectivity index (χ1n) is 5.80. The Kier molecular flexibility index (Phi) is 3.74. The third-order valence-electron chi connectivity index (χ3n) is 2.88. The monoisotopic (exact) mass is 255 g/mol. The number of nitrogens with one attached hydrogen (secondary N) is 1. The molecule has 6 heteroatoms. The summed E-state index contributed by atoms with van der Waals surface area (Å²) in [5, 5.41) is 2.23. The molecule has 1 N–H and O–H groups in total. The van der Waals surface area contributed by atoms with Crippen LogP contribution in [0.5, 0.6) is 0 Å². The van der Waals surface area contributed by atoms with E-state index in [1.807, 2.05) is 30.0 Å². The van der Waals surface area contributed by atoms with E-state index in [4.69, 9.17) is 0 Å². The molecule has 1 aliphatic heterocycles. The number of anilines is 1. The largest absolute Gasteiger partial charge is 0.355 e. The van der Waals surface area contributed by atoms with Gasteiger partial charge in [-0.1, -0.05) is 6.07 Å². The summed E-state index contributed by atoms with van der Waals surface area (Å²) in [6.45, 7) is 2.39. The van der Waals surface area contributed by atoms with Crippen molar-refractivity contribution in [2.75, 3.05) is 24.5 Å². The Morgan fingerprint density at radius 2 is 2.28 bits per heavy atom. The zero-order valence-corrected chi connectivity index (χ0v) is 10.1. The second kappa shape index (κ2) is 5.29. The minimum atomic E-state index is -2.50. The zero-order chi connectivity index (χ0) is 13.1. The Balaban J connectivity index is 1.81. The number of halogens is 2. The zero-order valence-electron chi connectivity index (χ0n) is 10.1. The van der Waals surface area contributed by atoms with Gasteiger partial charge in [-0.3, -0.25) is 4.79 Å². The summed E-state index contributed by atoms with van der Waals surface area (Å²) in [5.74, 6) is 0.304. The van der Waals surface area contributed by atoms with Crippen molar-refractivity contribution in [3.63, 3.8) is 0 Å². The van der Waals surface area contributed by atoms with E-state index in [0.717, 1.165) is 11.5 Å². The minimum absolute atomic E-state index is 0.217. The van der Waals surface area contributed by atoms with Crippen LogP contribution in [0.25, 0.3) is 0 Å². The summed E-state index contributed by atoms with van der Waals surface area (Å²) in [7, 11) is 0. The number of hydrogen-bond acceptors (Lipinski definition) is 3. The van der Waals surface area contributed by atoms with E-state index >= 15 is 0 Å². The smallest absolute Gasteiger partial charge is 0.255 e. The van der Waals surface area contributed by atoms with Crippen molar-refractivity contribution in [1.82, 2.24) is 10.3 Å². The Bertz CT molecular complexity index is 433. The normalized spacial score (nSPS) is 15.7. The van der Waals surface area contributed by atoms with Crippen LogP contribution in [0.2, 0.25) is 0 Å². The summed E-state index contributed by atoms with van der Waals surface area (Å²) in [4.78, 5) is 17.8. The van der Waals surface area contributed by atoms with E-state index in [1.165, 1.54) is 0 Å². The predicted molar refractivity (Wildman–Crippen MR) is 63.7 cm³/mol. The molecule has 0 aliphatic carbocycles. The highest BCUT2D eigenvalue weighted by Crippen LogP contribution is 2.22. The highest BCUT2D eigenvalue weighted by atomic mass is 19.3. The van der Waals surface area contributed by atoms with Gasteiger partial charge in [0.2, 0.25) is 5.91 Å². The number of nitrogens with zero attached hydrogens (tertiary/aromatic N) is 2. The highest BCUT2D eigenvalue weighted by Gasteiger charge is 2.33. The lowest BCUT2D eigenvalue weighted by molar-refractivity contribution is -0.126. The van der Waals surface area contributed by atoms with Gasteiger partial charge in [0.25, 0.3) is 6.43 Å². The molecule has 2 rings (SSSR count). The van der Waals surface area contributed by atoms with Gasteiger partial charge in [-0.2, -0.15) is 0 Å². The molecular weight excluding hydrogens is 240 g/mol. The van der Waals surface area contributed by atoms with Gasteiger partial charge in [0.1, 0.15) is 5.82 Å². The first-order valence-corrected chi connectivity index (χ1v) is 5.80. The summed E-state index contributed by atoms with van der Waals surface area (Å²) < 4.78 is 23.9. The van der Waals surface area contributed by atoms with Crippen LogP contribution in [-0.2, 0) is 4.79 Å². The van der Waals surface area contributed by atoms with E-state index in [0.29, 0.717) is 13.1 Å². The second-order valence-corrected chi connectivity index (χ2v) is 4.38. The number of carbonyl (C=O) groups excluding carboxylic acids is 1. The lowest BCUT2D eigenvalue weighted by atomic mass is 9.99. The van der Waals surface area contributed by atoms with E-state index in [-0.39, 0.29) is 11.8 Å². The molecule has 0 unspecified atom stereocenters. The lowest BCUT2D eigenvalue weighted by Crippen LogP contribution is -2.54. The Labute approximate surface area is 104 Å². The molecule has 0 spiro atoms. The topological polar surface area (TPSA) is 45.2 Å². The van der Waals surface area contributed by atoms with Crippen LogP contribution in [0.1, 0.15) is 5.69 Å². The van der Waals surface area contributed by atoms with Gasteiger partial charge in [-0.05, 0) is 19.1 Å². The molecule has 0 aromatic carbocycles. The van der Waals surface area contributed by atoms with E-state index < -0.39 is 13.0 Å². The van der Waals surface area contributed by atoms with E-state index in [9.17, 15) is 13.6 Å². The molecule has 1 aromatic rings. The number of carbonyl (C=O) groups is 1. The van der Waals surface area contributed by atoms with Crippen molar-refractivity contribution in [3.05, 3.63) is 23.9 Å². The maximum absolute atomic E-state index is 11.9. The van der Waals surface area contributed by atoms with Crippen LogP contribution in [0, 0.1) is 12.8 Å². The average Bonchev–Trinajstić information content (AvgIpc) is 2.24. The predicted octanol–water partition coefficient (Wildman–Crippen LogP) is 1.21. The summed E-state index contributed by atoms with van der Waals surface area (Å²) in [6.07, 6.45) is -2.50. The lowest BCUT2D eigenvalue weighted by Gasteiger charge is -2.39. The third kappa shape index (κ3) is 2.94. The molecule has 1 aromatic heterocycles. The van der Waals surface area contributed by atoms with Crippen LogP contribution in [0.15, 0.2) is 18.2 Å². The van der Waals surface area contributed by atoms with Crippen molar-refractivity contribution in [3.8, 4) is 0 Å². The van der Waals surface area contributed by atoms with Crippen molar-refractivity contribution < 1.29 is 13.6 Å². The first kappa shape index (κ1) is 12.7. The van der Waals surface area contributed by atoms with Gasteiger partial charge in [0, 0.05) is 18.8 Å². The van der Waals surface area contributed by atoms with Crippen LogP contribution in [0.3, 0.4) is 0 Å². The van der Waals surface area contributed by atoms with Gasteiger partial charge in [-0.15, -0.1) is 0 Å². The number of aryl methyl sites for hydroxylation is 1. The first-order chi connectivity index (χ1) is 8.56. The summed E-state index contributed by atoms with van der Waals surface area (Å²) in [6, 6.07) is 5.68. The molecule has 0 atom stereocenters. The fourth-order valence-electron chi connectivity index (χ4n) is 1.86. The Hall–Kier alpha value is -1.72. The number of hydrogen-bond donors (Lipinski definition) is 1. The van der Waals surface area contributed by atoms with Crippen LogP contribution in [0.4, 0.5) is 14.6 Å². The number of amides is 1. The molecule has 2 heterocycles. The molecule has 98 valence electrons. The minimum Gasteiger partial charge on any atom is -0.355 e. The van der Waals surface area contributed by atoms with Crippen molar-refractivity contribution in [2.24, 2.45) is 5.92 Å². The Morgan fingerprint density at radius 3 is 2.89 bits per heavy atom. The molecule has 0 bridgehead atoms. The van der Waals surface area contributed by atoms with Crippen molar-refractivity contribution >= 4 is 11.7 Å². The molecule has 18 heavy (non-hydrogen) atoms. The van der Waals surface area contributed by atoms with Gasteiger partial charge in [0.05, 0.1) is 12.5 Å². The molecule has 0 saturated carbocycles. The van der Waals surface area contributed by atoms with Crippen LogP contribution >= 0.6 is 0 Å². The number of rotatable bonds is 4. The number of pyridine rings is 1. The van der Waals surface area contributed by atoms with Gasteiger partial charge >= 0.3 is 0 Å². The van der Waals surface area contributed by atoms with Crippen molar-refractivity contribution in [1.29, 1.82) is 0 Å². The maximum Gasteiger partial charge on any atom is 0.255 e. The third-order valence-corrected chi connectivity index (χ3v) is 2.88. The Morgan fingerprint density at radius 1 is 1.56 bits per heavy atom. The molecular formula is C12H15F2N3O. The van der Waals surface area contributed by atoms with Crippen LogP contribution < -0.4 is 10.2 Å². The molecule has 1 amide bonds. The van der Waals surface area contributed by atoms with Gasteiger partial charge < -0.3 is 10.2 Å². The molecule has 1 fully saturated rings. The SMILES string of the molecule is Cc1cccc(N2CC(C(=O)NCC(F)F)C2)n1. The molecule has 0 radical (unpaired) electrons. The fourth-order valence-corrected chi connectivity index (χ4v) is 1.86. The van der Waals surface area contributed by atoms with Crippen molar-refractivity contribution in [2.45, 2.75) is 13.3 Å².